The number of hydrogen-bond acceptors (Lipinski definition) is 13. The predicted octanol–water partition coefficient (Wildman–Crippen LogP) is 3.50. The van der Waals surface area contributed by atoms with Gasteiger partial charge < -0.3 is 34.0 Å². The minimum atomic E-state index is -4.60. The van der Waals surface area contributed by atoms with Crippen molar-refractivity contribution < 1.29 is 50.6 Å². The summed E-state index contributed by atoms with van der Waals surface area (Å²) < 4.78 is 82.9. The van der Waals surface area contributed by atoms with Crippen LogP contribution in [-0.4, -0.2) is 75.8 Å². The van der Waals surface area contributed by atoms with Crippen molar-refractivity contribution in [2.45, 2.75) is 56.2 Å². The molecule has 2 aliphatic rings. The molecule has 4 aromatic rings. The zero-order chi connectivity index (χ0) is 32.1. The molecule has 2 saturated heterocycles. The second-order valence-electron chi connectivity index (χ2n) is 10.1. The lowest BCUT2D eigenvalue weighted by atomic mass is 10.1. The van der Waals surface area contributed by atoms with Gasteiger partial charge in [0.05, 0.1) is 42.8 Å². The highest BCUT2D eigenvalue weighted by Crippen LogP contribution is 2.51. The highest BCUT2D eigenvalue weighted by atomic mass is 32.7. The van der Waals surface area contributed by atoms with Crippen molar-refractivity contribution in [2.75, 3.05) is 18.9 Å². The third-order valence-electron chi connectivity index (χ3n) is 7.14. The topological polar surface area (TPSA) is 204 Å². The van der Waals surface area contributed by atoms with Gasteiger partial charge in [0.25, 0.3) is 0 Å². The molecule has 45 heavy (non-hydrogen) atoms. The predicted molar refractivity (Wildman–Crippen MR) is 156 cm³/mol. The molecule has 6 rings (SSSR count). The van der Waals surface area contributed by atoms with Crippen LogP contribution in [0.5, 0.6) is 0 Å². The zero-order valence-electron chi connectivity index (χ0n) is 22.7. The molecule has 1 aromatic carbocycles. The Labute approximate surface area is 261 Å². The smallest absolute Gasteiger partial charge is 0.382 e. The number of nitrogen functional groups attached to an aromatic ring is 1. The number of anilines is 1. The highest BCUT2D eigenvalue weighted by molar-refractivity contribution is 8.44. The molecule has 7 atom stereocenters. The summed E-state index contributed by atoms with van der Waals surface area (Å²) in [5.74, 6) is 0.152. The molecule has 0 aliphatic carbocycles. The van der Waals surface area contributed by atoms with Crippen molar-refractivity contribution in [1.82, 2.24) is 34.5 Å². The maximum Gasteiger partial charge on any atom is 0.418 e. The van der Waals surface area contributed by atoms with E-state index in [9.17, 15) is 27.5 Å². The van der Waals surface area contributed by atoms with Crippen LogP contribution in [0.25, 0.3) is 22.2 Å². The number of nitrogens with zero attached hydrogens (tertiary/aromatic N) is 7. The summed E-state index contributed by atoms with van der Waals surface area (Å²) >= 11 is 8.76. The van der Waals surface area contributed by atoms with Crippen LogP contribution in [0.2, 0.25) is 0 Å². The van der Waals surface area contributed by atoms with Gasteiger partial charge in [0.2, 0.25) is 0 Å². The number of ether oxygens (including phenoxy) is 2. The van der Waals surface area contributed by atoms with Gasteiger partial charge in [-0.1, -0.05) is 23.5 Å². The number of fused-ring (bicyclic) bond motifs is 2. The SMILES string of the molecule is Nc1ncnc2c1ncn2[C@H]1C[C@H](OP(O)(=S)OC[C@@H]2CC[C@H](n3nnc4c(C(F)(F)F)cccc43)O2)[C@@H](COP(=O)(O)S)O1. The molecule has 4 N–H and O–H groups in total. The molecule has 0 bridgehead atoms. The minimum absolute atomic E-state index is 0.0787. The van der Waals surface area contributed by atoms with Gasteiger partial charge in [-0.15, -0.1) is 5.10 Å². The number of hydrogen-bond donors (Lipinski definition) is 4. The zero-order valence-corrected chi connectivity index (χ0v) is 26.2. The van der Waals surface area contributed by atoms with E-state index in [-0.39, 0.29) is 29.9 Å². The Bertz CT molecular complexity index is 1810. The maximum atomic E-state index is 13.4. The fraction of sp³-hybridized carbons (Fsp3) is 0.500. The van der Waals surface area contributed by atoms with E-state index in [1.54, 1.807) is 4.57 Å². The van der Waals surface area contributed by atoms with Gasteiger partial charge in [0, 0.05) is 6.42 Å². The summed E-state index contributed by atoms with van der Waals surface area (Å²) in [6.45, 7) is -8.79. The van der Waals surface area contributed by atoms with E-state index in [0.717, 1.165) is 6.07 Å². The van der Waals surface area contributed by atoms with Crippen LogP contribution in [0.4, 0.5) is 19.0 Å². The van der Waals surface area contributed by atoms with Crippen molar-refractivity contribution >= 4 is 65.6 Å². The molecule has 3 aromatic heterocycles. The molecule has 0 saturated carbocycles. The molecule has 2 unspecified atom stereocenters. The van der Waals surface area contributed by atoms with E-state index in [2.05, 4.69) is 37.5 Å². The van der Waals surface area contributed by atoms with Crippen LogP contribution in [0, 0.1) is 0 Å². The summed E-state index contributed by atoms with van der Waals surface area (Å²) in [6.07, 6.45) is -5.10. The largest absolute Gasteiger partial charge is 0.418 e. The van der Waals surface area contributed by atoms with Crippen LogP contribution in [0.3, 0.4) is 0 Å². The Balaban J connectivity index is 1.11. The Morgan fingerprint density at radius 3 is 2.67 bits per heavy atom. The number of nitrogens with two attached hydrogens (primary N) is 1. The molecule has 16 nitrogen and oxygen atoms in total. The third kappa shape index (κ3) is 7.18. The monoisotopic (exact) mass is 712 g/mol. The van der Waals surface area contributed by atoms with Gasteiger partial charge in [0.1, 0.15) is 29.7 Å². The molecule has 244 valence electrons. The first-order valence-corrected chi connectivity index (χ1v) is 18.5. The van der Waals surface area contributed by atoms with Crippen LogP contribution in [0.1, 0.15) is 37.3 Å². The van der Waals surface area contributed by atoms with Gasteiger partial charge in [-0.3, -0.25) is 9.09 Å². The van der Waals surface area contributed by atoms with E-state index < -0.39 is 62.6 Å². The Kier molecular flexibility index (Phi) is 8.98. The third-order valence-corrected chi connectivity index (χ3v) is 9.56. The van der Waals surface area contributed by atoms with E-state index in [4.69, 9.17) is 40.6 Å². The number of aromatic nitrogens is 7. The lowest BCUT2D eigenvalue weighted by Gasteiger charge is -2.24. The normalized spacial score (nSPS) is 26.8. The number of benzene rings is 1. The van der Waals surface area contributed by atoms with Crippen molar-refractivity contribution in [3.63, 3.8) is 0 Å². The molecule has 2 aliphatic heterocycles. The van der Waals surface area contributed by atoms with Crippen molar-refractivity contribution in [3.8, 4) is 0 Å². The molecular weight excluding hydrogens is 687 g/mol. The van der Waals surface area contributed by atoms with Crippen LogP contribution in [-0.2, 0) is 45.6 Å². The summed E-state index contributed by atoms with van der Waals surface area (Å²) in [5.41, 5.74) is 5.52. The first-order valence-electron chi connectivity index (χ1n) is 13.2. The van der Waals surface area contributed by atoms with Gasteiger partial charge in [-0.05, 0) is 36.8 Å². The van der Waals surface area contributed by atoms with Crippen molar-refractivity contribution in [3.05, 3.63) is 36.4 Å². The average Bonchev–Trinajstić information content (AvgIpc) is 3.75. The van der Waals surface area contributed by atoms with E-state index >= 15 is 0 Å². The van der Waals surface area contributed by atoms with Gasteiger partial charge in [-0.2, -0.15) is 13.2 Å². The van der Waals surface area contributed by atoms with E-state index in [0.29, 0.717) is 24.0 Å². The fourth-order valence-corrected chi connectivity index (χ4v) is 7.19. The van der Waals surface area contributed by atoms with E-state index in [1.165, 1.54) is 29.5 Å². The summed E-state index contributed by atoms with van der Waals surface area (Å²) in [7, 11) is 0. The fourth-order valence-electron chi connectivity index (χ4n) is 5.16. The first kappa shape index (κ1) is 32.6. The van der Waals surface area contributed by atoms with Gasteiger partial charge >= 0.3 is 19.7 Å². The average molecular weight is 713 g/mol. The second-order valence-corrected chi connectivity index (χ2v) is 15.7. The number of halogens is 3. The standard InChI is InChI=1S/C22H25F3N8O8P2S2/c23-22(24,25)12-2-1-3-13-18(12)30-31-33(13)16-5-4-11(39-16)7-38-43(36,45)41-14-6-17(40-15(14)8-37-42(34,35)44)32-10-29-19-20(26)27-9-28-21(19)32/h1-3,9-11,14-17H,4-8H2,(H,36,45)(H2,26,27,28)(H2,34,35,44)/t11-,14-,15+,16+,17+,43?/m0/s1. The first-order chi connectivity index (χ1) is 21.2. The maximum absolute atomic E-state index is 13.4. The lowest BCUT2D eigenvalue weighted by Crippen LogP contribution is -2.28. The summed E-state index contributed by atoms with van der Waals surface area (Å²) in [5, 5.41) is 7.59. The second kappa shape index (κ2) is 12.4. The van der Waals surface area contributed by atoms with Crippen LogP contribution >= 0.6 is 25.8 Å². The number of imidazole rings is 1. The quantitative estimate of drug-likeness (QED) is 0.137. The van der Waals surface area contributed by atoms with Crippen molar-refractivity contribution in [1.29, 1.82) is 0 Å². The molecule has 0 radical (unpaired) electrons. The Morgan fingerprint density at radius 2 is 1.91 bits per heavy atom. The van der Waals surface area contributed by atoms with Gasteiger partial charge in [0.15, 0.2) is 17.7 Å². The molecule has 23 heteroatoms. The number of alkyl halides is 3. The molecule has 0 spiro atoms. The molecule has 2 fully saturated rings. The number of rotatable bonds is 10. The lowest BCUT2D eigenvalue weighted by molar-refractivity contribution is -0.136. The molecule has 5 heterocycles. The molecule has 0 amide bonds. The Morgan fingerprint density at radius 1 is 1.11 bits per heavy atom. The van der Waals surface area contributed by atoms with Crippen LogP contribution in [0.15, 0.2) is 30.9 Å². The van der Waals surface area contributed by atoms with Crippen molar-refractivity contribution in [2.24, 2.45) is 0 Å². The highest BCUT2D eigenvalue weighted by Gasteiger charge is 2.42. The Hall–Kier alpha value is -2.29. The summed E-state index contributed by atoms with van der Waals surface area (Å²) in [4.78, 5) is 32.7. The minimum Gasteiger partial charge on any atom is -0.382 e. The van der Waals surface area contributed by atoms with E-state index in [1.807, 2.05) is 0 Å². The summed E-state index contributed by atoms with van der Waals surface area (Å²) in [6, 6.07) is 3.66. The molecular formula is C22H25F3N8O8P2S2. The van der Waals surface area contributed by atoms with Crippen LogP contribution < -0.4 is 5.73 Å². The number of thiol groups is 1. The van der Waals surface area contributed by atoms with Gasteiger partial charge in [-0.25, -0.2) is 24.2 Å².